The number of aryl methyl sites for hydroxylation is 1. The van der Waals surface area contributed by atoms with E-state index < -0.39 is 0 Å². The summed E-state index contributed by atoms with van der Waals surface area (Å²) < 4.78 is 12.3. The lowest BCUT2D eigenvalue weighted by molar-refractivity contribution is 0.102. The quantitative estimate of drug-likeness (QED) is 0.471. The van der Waals surface area contributed by atoms with Crippen LogP contribution < -0.4 is 10.1 Å². The lowest BCUT2D eigenvalue weighted by Crippen LogP contribution is -2.16. The van der Waals surface area contributed by atoms with Gasteiger partial charge in [0.05, 0.1) is 36.2 Å². The molecule has 1 amide bonds. The van der Waals surface area contributed by atoms with E-state index in [1.807, 2.05) is 31.2 Å². The van der Waals surface area contributed by atoms with Gasteiger partial charge in [0, 0.05) is 24.0 Å². The van der Waals surface area contributed by atoms with Gasteiger partial charge in [0.1, 0.15) is 5.75 Å². The maximum absolute atomic E-state index is 12.9. The van der Waals surface area contributed by atoms with Gasteiger partial charge >= 0.3 is 0 Å². The van der Waals surface area contributed by atoms with Crippen molar-refractivity contribution in [3.63, 3.8) is 0 Å². The normalized spacial score (nSPS) is 11.0. The summed E-state index contributed by atoms with van der Waals surface area (Å²) >= 11 is 6.01. The highest BCUT2D eigenvalue weighted by Crippen LogP contribution is 2.30. The summed E-state index contributed by atoms with van der Waals surface area (Å²) in [6.45, 7) is 2.15. The van der Waals surface area contributed by atoms with E-state index >= 15 is 0 Å². The van der Waals surface area contributed by atoms with Gasteiger partial charge in [0.25, 0.3) is 5.91 Å². The van der Waals surface area contributed by atoms with Crippen molar-refractivity contribution >= 4 is 28.8 Å². The first kappa shape index (κ1) is 20.8. The fourth-order valence-corrected chi connectivity index (χ4v) is 3.61. The lowest BCUT2D eigenvalue weighted by Gasteiger charge is -2.09. The summed E-state index contributed by atoms with van der Waals surface area (Å²) in [6.07, 6.45) is 1.57. The average molecular weight is 437 g/mol. The molecule has 0 bridgehead atoms. The second-order valence-corrected chi connectivity index (χ2v) is 7.38. The van der Waals surface area contributed by atoms with Crippen LogP contribution in [0.15, 0.2) is 54.7 Å². The molecule has 4 rings (SSSR count). The first-order chi connectivity index (χ1) is 15.0. The van der Waals surface area contributed by atoms with Crippen LogP contribution in [0.4, 0.5) is 5.69 Å². The molecule has 0 unspecified atom stereocenters. The molecule has 0 aliphatic carbocycles. The second kappa shape index (κ2) is 8.75. The van der Waals surface area contributed by atoms with Crippen LogP contribution in [0.2, 0.25) is 5.02 Å². The maximum atomic E-state index is 12.9. The molecule has 2 heterocycles. The zero-order chi connectivity index (χ0) is 22.0. The van der Waals surface area contributed by atoms with E-state index in [9.17, 15) is 4.79 Å². The molecular formula is C23H21ClN4O3. The first-order valence-corrected chi connectivity index (χ1v) is 9.97. The van der Waals surface area contributed by atoms with Gasteiger partial charge in [-0.15, -0.1) is 0 Å². The van der Waals surface area contributed by atoms with E-state index in [2.05, 4.69) is 15.4 Å². The molecule has 31 heavy (non-hydrogen) atoms. The number of benzene rings is 2. The molecule has 8 heteroatoms. The predicted octanol–water partition coefficient (Wildman–Crippen LogP) is 4.77. The molecule has 158 valence electrons. The van der Waals surface area contributed by atoms with Gasteiger partial charge in [0.2, 0.25) is 0 Å². The Kier molecular flexibility index (Phi) is 5.88. The van der Waals surface area contributed by atoms with Crippen molar-refractivity contribution in [1.29, 1.82) is 0 Å². The first-order valence-electron chi connectivity index (χ1n) is 9.59. The number of carbonyl (C=O) groups excluding carboxylic acids is 1. The molecule has 0 saturated carbocycles. The molecule has 1 N–H and O–H groups in total. The number of ether oxygens (including phenoxy) is 2. The van der Waals surface area contributed by atoms with Crippen LogP contribution in [-0.4, -0.2) is 34.7 Å². The number of rotatable bonds is 6. The van der Waals surface area contributed by atoms with Gasteiger partial charge in [0.15, 0.2) is 5.65 Å². The minimum absolute atomic E-state index is 0.288. The lowest BCUT2D eigenvalue weighted by atomic mass is 10.1. The summed E-state index contributed by atoms with van der Waals surface area (Å²) in [4.78, 5) is 17.4. The molecule has 4 aromatic rings. The van der Waals surface area contributed by atoms with Crippen LogP contribution in [0.3, 0.4) is 0 Å². The number of methoxy groups -OCH3 is 2. The van der Waals surface area contributed by atoms with Gasteiger partial charge < -0.3 is 14.8 Å². The number of nitrogens with zero attached hydrogens (tertiary/aromatic N) is 3. The molecular weight excluding hydrogens is 416 g/mol. The van der Waals surface area contributed by atoms with Gasteiger partial charge in [-0.1, -0.05) is 29.8 Å². The third-order valence-corrected chi connectivity index (χ3v) is 5.18. The fourth-order valence-electron chi connectivity index (χ4n) is 3.42. The molecule has 0 spiro atoms. The van der Waals surface area contributed by atoms with Crippen LogP contribution in [-0.2, 0) is 11.3 Å². The number of halogens is 1. The highest BCUT2D eigenvalue weighted by Gasteiger charge is 2.20. The number of hydrogen-bond acceptors (Lipinski definition) is 5. The Labute approximate surface area is 184 Å². The zero-order valence-electron chi connectivity index (χ0n) is 17.3. The number of carbonyl (C=O) groups is 1. The van der Waals surface area contributed by atoms with E-state index in [0.717, 1.165) is 22.6 Å². The van der Waals surface area contributed by atoms with Crippen molar-refractivity contribution in [1.82, 2.24) is 14.6 Å². The van der Waals surface area contributed by atoms with Crippen molar-refractivity contribution in [2.24, 2.45) is 0 Å². The molecule has 0 atom stereocenters. The van der Waals surface area contributed by atoms with E-state index in [-0.39, 0.29) is 5.91 Å². The SMILES string of the molecule is COCc1nn2c(C)c(C(=O)Nc3cccc(Cl)c3)cnc2c1-c1ccc(OC)cc1. The van der Waals surface area contributed by atoms with Crippen molar-refractivity contribution in [2.75, 3.05) is 19.5 Å². The Balaban J connectivity index is 1.77. The van der Waals surface area contributed by atoms with Crippen LogP contribution in [0.1, 0.15) is 21.7 Å². The summed E-state index contributed by atoms with van der Waals surface area (Å²) in [6, 6.07) is 14.7. The molecule has 2 aromatic heterocycles. The fraction of sp³-hybridized carbons (Fsp3) is 0.174. The molecule has 7 nitrogen and oxygen atoms in total. The molecule has 0 saturated heterocycles. The zero-order valence-corrected chi connectivity index (χ0v) is 18.1. The Bertz CT molecular complexity index is 1250. The van der Waals surface area contributed by atoms with Crippen LogP contribution in [0.5, 0.6) is 5.75 Å². The summed E-state index contributed by atoms with van der Waals surface area (Å²) in [5.74, 6) is 0.474. The summed E-state index contributed by atoms with van der Waals surface area (Å²) in [5, 5.41) is 8.08. The summed E-state index contributed by atoms with van der Waals surface area (Å²) in [7, 11) is 3.24. The Morgan fingerprint density at radius 3 is 2.61 bits per heavy atom. The van der Waals surface area contributed by atoms with E-state index in [4.69, 9.17) is 21.1 Å². The smallest absolute Gasteiger partial charge is 0.259 e. The Hall–Kier alpha value is -3.42. The van der Waals surface area contributed by atoms with Gasteiger partial charge in [-0.3, -0.25) is 4.79 Å². The minimum Gasteiger partial charge on any atom is -0.497 e. The third-order valence-electron chi connectivity index (χ3n) is 4.94. The Morgan fingerprint density at radius 2 is 1.94 bits per heavy atom. The number of nitrogens with one attached hydrogen (secondary N) is 1. The third kappa shape index (κ3) is 4.10. The molecule has 2 aromatic carbocycles. The van der Waals surface area contributed by atoms with Gasteiger partial charge in [-0.05, 0) is 42.8 Å². The number of fused-ring (bicyclic) bond motifs is 1. The predicted molar refractivity (Wildman–Crippen MR) is 120 cm³/mol. The Morgan fingerprint density at radius 1 is 1.16 bits per heavy atom. The highest BCUT2D eigenvalue weighted by atomic mass is 35.5. The largest absolute Gasteiger partial charge is 0.497 e. The van der Waals surface area contributed by atoms with Crippen molar-refractivity contribution in [3.05, 3.63) is 76.7 Å². The topological polar surface area (TPSA) is 77.8 Å². The number of anilines is 1. The van der Waals surface area contributed by atoms with Gasteiger partial charge in [-0.2, -0.15) is 5.10 Å². The van der Waals surface area contributed by atoms with Crippen molar-refractivity contribution in [3.8, 4) is 16.9 Å². The maximum Gasteiger partial charge on any atom is 0.259 e. The monoisotopic (exact) mass is 436 g/mol. The molecule has 0 radical (unpaired) electrons. The van der Waals surface area contributed by atoms with Crippen LogP contribution >= 0.6 is 11.6 Å². The van der Waals surface area contributed by atoms with Crippen LogP contribution in [0, 0.1) is 6.92 Å². The number of amides is 1. The molecule has 0 fully saturated rings. The minimum atomic E-state index is -0.288. The van der Waals surface area contributed by atoms with Crippen molar-refractivity contribution < 1.29 is 14.3 Å². The standard InChI is InChI=1S/C23H21ClN4O3/c1-14-19(23(29)26-17-6-4-5-16(24)11-17)12-25-22-21(20(13-30-2)27-28(14)22)15-7-9-18(31-3)10-8-15/h4-12H,13H2,1-3H3,(H,26,29). The highest BCUT2D eigenvalue weighted by molar-refractivity contribution is 6.31. The summed E-state index contributed by atoms with van der Waals surface area (Å²) in [5.41, 5.74) is 4.86. The number of hydrogen-bond donors (Lipinski definition) is 1. The molecule has 0 aliphatic heterocycles. The van der Waals surface area contributed by atoms with E-state index in [0.29, 0.717) is 34.2 Å². The van der Waals surface area contributed by atoms with E-state index in [1.165, 1.54) is 0 Å². The van der Waals surface area contributed by atoms with Gasteiger partial charge in [-0.25, -0.2) is 9.50 Å². The second-order valence-electron chi connectivity index (χ2n) is 6.94. The van der Waals surface area contributed by atoms with Crippen LogP contribution in [0.25, 0.3) is 16.8 Å². The van der Waals surface area contributed by atoms with Crippen molar-refractivity contribution in [2.45, 2.75) is 13.5 Å². The molecule has 0 aliphatic rings. The number of aromatic nitrogens is 3. The van der Waals surface area contributed by atoms with E-state index in [1.54, 1.807) is 49.2 Å². The average Bonchev–Trinajstić information content (AvgIpc) is 3.13.